The van der Waals surface area contributed by atoms with Crippen LogP contribution in [0.1, 0.15) is 33.0 Å². The summed E-state index contributed by atoms with van der Waals surface area (Å²) in [6.07, 6.45) is 1.97. The molecule has 21 heavy (non-hydrogen) atoms. The average molecular weight is 409 g/mol. The van der Waals surface area contributed by atoms with Crippen molar-refractivity contribution in [2.45, 2.75) is 19.3 Å². The van der Waals surface area contributed by atoms with Gasteiger partial charge in [0.15, 0.2) is 0 Å². The molecule has 108 valence electrons. The highest BCUT2D eigenvalue weighted by Gasteiger charge is 2.31. The van der Waals surface area contributed by atoms with Crippen LogP contribution in [0.4, 0.5) is 5.69 Å². The summed E-state index contributed by atoms with van der Waals surface area (Å²) in [7, 11) is 1.70. The number of halogens is 1. The molecule has 1 heterocycles. The first-order valence-corrected chi connectivity index (χ1v) is 10.2. The van der Waals surface area contributed by atoms with E-state index >= 15 is 0 Å². The van der Waals surface area contributed by atoms with E-state index in [0.717, 1.165) is 24.8 Å². The summed E-state index contributed by atoms with van der Waals surface area (Å²) in [6, 6.07) is 14.7. The number of anilines is 1. The molecule has 2 aromatic carbocycles. The van der Waals surface area contributed by atoms with Crippen LogP contribution in [0, 0.1) is 6.92 Å². The topological polar surface area (TPSA) is 20.3 Å². The highest BCUT2D eigenvalue weighted by atomic mass is 127. The Bertz CT molecular complexity index is 674. The highest BCUT2D eigenvalue weighted by Crippen LogP contribution is 2.44. The molecule has 1 aliphatic rings. The molecule has 1 atom stereocenters. The van der Waals surface area contributed by atoms with Gasteiger partial charge < -0.3 is 4.31 Å². The van der Waals surface area contributed by atoms with Crippen molar-refractivity contribution in [2.24, 2.45) is 0 Å². The van der Waals surface area contributed by atoms with Crippen molar-refractivity contribution < 1.29 is 4.79 Å². The first kappa shape index (κ1) is 14.9. The van der Waals surface area contributed by atoms with Crippen molar-refractivity contribution in [1.29, 1.82) is 0 Å². The number of carbonyl (C=O) groups is 1. The monoisotopic (exact) mass is 409 g/mol. The molecule has 0 fully saturated rings. The molecule has 0 saturated heterocycles. The maximum Gasteiger partial charge on any atom is 0.150 e. The molecular formula is C17H16INOS. The molecule has 2 aromatic rings. The number of hydrogen-bond acceptors (Lipinski definition) is 3. The number of aldehydes is 1. The normalized spacial score (nSPS) is 16.9. The zero-order valence-electron chi connectivity index (χ0n) is 11.8. The number of nitrogens with zero attached hydrogens (tertiary/aromatic N) is 1. The molecule has 0 unspecified atom stereocenters. The van der Waals surface area contributed by atoms with Gasteiger partial charge in [-0.05, 0) is 30.5 Å². The van der Waals surface area contributed by atoms with Crippen molar-refractivity contribution in [3.63, 3.8) is 0 Å². The van der Waals surface area contributed by atoms with E-state index in [9.17, 15) is 4.79 Å². The summed E-state index contributed by atoms with van der Waals surface area (Å²) >= 11 is 2.31. The lowest BCUT2D eigenvalue weighted by Crippen LogP contribution is -2.12. The van der Waals surface area contributed by atoms with E-state index in [0.29, 0.717) is 5.92 Å². The first-order chi connectivity index (χ1) is 10.2. The largest absolute Gasteiger partial charge is 0.307 e. The van der Waals surface area contributed by atoms with E-state index < -0.39 is 0 Å². The third-order valence-corrected chi connectivity index (χ3v) is 5.89. The van der Waals surface area contributed by atoms with Crippen LogP contribution in [0.25, 0.3) is 0 Å². The summed E-state index contributed by atoms with van der Waals surface area (Å²) < 4.78 is 2.28. The van der Waals surface area contributed by atoms with E-state index in [4.69, 9.17) is 0 Å². The third kappa shape index (κ3) is 2.97. The number of aryl methyl sites for hydroxylation is 1. The lowest BCUT2D eigenvalue weighted by molar-refractivity contribution is 0.112. The quantitative estimate of drug-likeness (QED) is 0.405. The standard InChI is InChI=1S/C17H16INOS/c1-12-4-2-5-13(8-12)9-15-10-19(21-18)16-7-3-6-14(11-20)17(15)16/h2-8,11,15H,9-10H2,1H3/t15-/m0/s1. The van der Waals surface area contributed by atoms with Gasteiger partial charge in [0, 0.05) is 48.4 Å². The Kier molecular flexibility index (Phi) is 4.54. The zero-order valence-corrected chi connectivity index (χ0v) is 14.7. The molecule has 0 spiro atoms. The van der Waals surface area contributed by atoms with E-state index in [1.165, 1.54) is 22.4 Å². The molecule has 0 bridgehead atoms. The maximum atomic E-state index is 11.4. The lowest BCUT2D eigenvalue weighted by atomic mass is 9.90. The van der Waals surface area contributed by atoms with Gasteiger partial charge >= 0.3 is 0 Å². The summed E-state index contributed by atoms with van der Waals surface area (Å²) in [5.74, 6) is 0.380. The predicted molar refractivity (Wildman–Crippen MR) is 98.4 cm³/mol. The van der Waals surface area contributed by atoms with E-state index in [1.807, 2.05) is 12.1 Å². The molecule has 0 aliphatic carbocycles. The van der Waals surface area contributed by atoms with Gasteiger partial charge in [0.1, 0.15) is 6.29 Å². The molecule has 3 rings (SSSR count). The minimum atomic E-state index is 0.380. The van der Waals surface area contributed by atoms with Gasteiger partial charge in [0.25, 0.3) is 0 Å². The number of benzene rings is 2. The van der Waals surface area contributed by atoms with E-state index in [2.05, 4.69) is 62.8 Å². The van der Waals surface area contributed by atoms with Gasteiger partial charge in [-0.1, -0.05) is 42.0 Å². The van der Waals surface area contributed by atoms with Crippen molar-refractivity contribution in [2.75, 3.05) is 10.8 Å². The van der Waals surface area contributed by atoms with Crippen LogP contribution in [0.3, 0.4) is 0 Å². The minimum absolute atomic E-state index is 0.380. The zero-order chi connectivity index (χ0) is 14.8. The van der Waals surface area contributed by atoms with Gasteiger partial charge in [-0.15, -0.1) is 0 Å². The second-order valence-corrected chi connectivity index (χ2v) is 7.18. The average Bonchev–Trinajstić information content (AvgIpc) is 2.85. The molecule has 1 aliphatic heterocycles. The Morgan fingerprint density at radius 2 is 2.14 bits per heavy atom. The van der Waals surface area contributed by atoms with Crippen molar-refractivity contribution in [3.05, 3.63) is 64.7 Å². The Morgan fingerprint density at radius 3 is 2.86 bits per heavy atom. The van der Waals surface area contributed by atoms with Gasteiger partial charge in [-0.25, -0.2) is 0 Å². The fraction of sp³-hybridized carbons (Fsp3) is 0.235. The molecule has 0 aromatic heterocycles. The first-order valence-electron chi connectivity index (χ1n) is 6.93. The SMILES string of the molecule is Cc1cccc(C[C@H]2CN(SI)c3cccc(C=O)c32)c1. The van der Waals surface area contributed by atoms with Crippen LogP contribution in [0.5, 0.6) is 0 Å². The van der Waals surface area contributed by atoms with Gasteiger partial charge in [0.05, 0.1) is 5.69 Å². The molecule has 0 N–H and O–H groups in total. The highest BCUT2D eigenvalue weighted by molar-refractivity contribution is 14.2. The predicted octanol–water partition coefficient (Wildman–Crippen LogP) is 4.95. The Hall–Kier alpha value is -1.01. The second-order valence-electron chi connectivity index (χ2n) is 5.42. The number of fused-ring (bicyclic) bond motifs is 1. The molecule has 0 saturated carbocycles. The number of hydrogen-bond donors (Lipinski definition) is 0. The van der Waals surface area contributed by atoms with Gasteiger partial charge in [-0.3, -0.25) is 4.79 Å². The van der Waals surface area contributed by atoms with Crippen LogP contribution < -0.4 is 4.31 Å². The van der Waals surface area contributed by atoms with Crippen molar-refractivity contribution in [1.82, 2.24) is 0 Å². The fourth-order valence-corrected chi connectivity index (χ4v) is 4.67. The maximum absolute atomic E-state index is 11.4. The molecule has 2 nitrogen and oxygen atoms in total. The van der Waals surface area contributed by atoms with Crippen LogP contribution in [-0.4, -0.2) is 12.8 Å². The smallest absolute Gasteiger partial charge is 0.150 e. The van der Waals surface area contributed by atoms with Gasteiger partial charge in [0.2, 0.25) is 0 Å². The van der Waals surface area contributed by atoms with Gasteiger partial charge in [-0.2, -0.15) is 0 Å². The minimum Gasteiger partial charge on any atom is -0.307 e. The van der Waals surface area contributed by atoms with Crippen LogP contribution in [0.2, 0.25) is 0 Å². The number of carbonyl (C=O) groups excluding carboxylic acids is 1. The van der Waals surface area contributed by atoms with Crippen molar-refractivity contribution in [3.8, 4) is 0 Å². The summed E-state index contributed by atoms with van der Waals surface area (Å²) in [5.41, 5.74) is 5.86. The van der Waals surface area contributed by atoms with E-state index in [-0.39, 0.29) is 0 Å². The molecule has 0 amide bonds. The summed E-state index contributed by atoms with van der Waals surface area (Å²) in [5, 5.41) is 0. The fourth-order valence-electron chi connectivity index (χ4n) is 3.08. The number of rotatable bonds is 4. The third-order valence-electron chi connectivity index (χ3n) is 3.95. The Balaban J connectivity index is 1.97. The van der Waals surface area contributed by atoms with E-state index in [1.54, 1.807) is 9.12 Å². The summed E-state index contributed by atoms with van der Waals surface area (Å²) in [6.45, 7) is 3.08. The Morgan fingerprint density at radius 1 is 1.33 bits per heavy atom. The van der Waals surface area contributed by atoms with Crippen molar-refractivity contribution >= 4 is 42.3 Å². The van der Waals surface area contributed by atoms with Crippen LogP contribution in [0.15, 0.2) is 42.5 Å². The molecular weight excluding hydrogens is 393 g/mol. The van der Waals surface area contributed by atoms with Crippen LogP contribution >= 0.6 is 30.3 Å². The second kappa shape index (κ2) is 6.40. The van der Waals surface area contributed by atoms with Crippen LogP contribution in [-0.2, 0) is 6.42 Å². The lowest BCUT2D eigenvalue weighted by Gasteiger charge is -2.14. The summed E-state index contributed by atoms with van der Waals surface area (Å²) in [4.78, 5) is 11.4. The molecule has 4 heteroatoms. The molecule has 0 radical (unpaired) electrons. The Labute approximate surface area is 141 Å².